The number of hydrogen-bond donors (Lipinski definition) is 2. The minimum atomic E-state index is -5.03. The molecule has 2 aromatic carbocycles. The normalized spacial score (nSPS) is 16.1. The predicted octanol–water partition coefficient (Wildman–Crippen LogP) is 3.75. The molecule has 12 heteroatoms. The lowest BCUT2D eigenvalue weighted by molar-refractivity contribution is -0.274. The summed E-state index contributed by atoms with van der Waals surface area (Å²) in [6.07, 6.45) is -5.03. The topological polar surface area (TPSA) is 82.1 Å². The van der Waals surface area contributed by atoms with Crippen molar-refractivity contribution in [3.05, 3.63) is 58.6 Å². The number of anilines is 1. The first-order chi connectivity index (χ1) is 14.6. The van der Waals surface area contributed by atoms with Crippen LogP contribution in [0, 0.1) is 0 Å². The maximum absolute atomic E-state index is 12.8. The van der Waals surface area contributed by atoms with Crippen molar-refractivity contribution in [3.63, 3.8) is 0 Å². The molecule has 0 radical (unpaired) electrons. The van der Waals surface area contributed by atoms with Crippen LogP contribution < -0.4 is 9.46 Å². The van der Waals surface area contributed by atoms with E-state index < -0.39 is 29.3 Å². The summed E-state index contributed by atoms with van der Waals surface area (Å²) in [5.41, 5.74) is 0.713. The van der Waals surface area contributed by atoms with Crippen LogP contribution in [0.1, 0.15) is 15.9 Å². The molecule has 0 aromatic heterocycles. The number of hydrogen-bond acceptors (Lipinski definition) is 4. The second-order valence-corrected chi connectivity index (χ2v) is 7.94. The van der Waals surface area contributed by atoms with Gasteiger partial charge in [0, 0.05) is 43.3 Å². The summed E-state index contributed by atoms with van der Waals surface area (Å²) in [6.45, 7) is 2.71. The predicted molar refractivity (Wildman–Crippen MR) is 110 cm³/mol. The molecule has 2 N–H and O–H groups in total. The molecule has 0 bridgehead atoms. The fourth-order valence-electron chi connectivity index (χ4n) is 3.18. The number of nitrogens with zero attached hydrogens (tertiary/aromatic N) is 2. The van der Waals surface area contributed by atoms with Gasteiger partial charge in [-0.1, -0.05) is 23.7 Å². The third kappa shape index (κ3) is 6.82. The monoisotopic (exact) mass is 477 g/mol. The summed E-state index contributed by atoms with van der Waals surface area (Å²) in [7, 11) is 0. The van der Waals surface area contributed by atoms with Crippen molar-refractivity contribution in [2.45, 2.75) is 12.9 Å². The maximum Gasteiger partial charge on any atom is 0.573 e. The molecule has 7 nitrogen and oxygen atoms in total. The van der Waals surface area contributed by atoms with E-state index >= 15 is 0 Å². The van der Waals surface area contributed by atoms with Crippen molar-refractivity contribution < 1.29 is 31.5 Å². The van der Waals surface area contributed by atoms with Gasteiger partial charge in [0.2, 0.25) is 0 Å². The van der Waals surface area contributed by atoms with Crippen molar-refractivity contribution in [1.29, 1.82) is 0 Å². The first-order valence-electron chi connectivity index (χ1n) is 9.14. The number of rotatable bonds is 6. The third-order valence-corrected chi connectivity index (χ3v) is 5.28. The molecular weight excluding hydrogens is 459 g/mol. The lowest BCUT2D eigenvalue weighted by atomic mass is 10.1. The molecule has 1 atom stereocenters. The Labute approximate surface area is 184 Å². The van der Waals surface area contributed by atoms with E-state index in [-0.39, 0.29) is 11.3 Å². The molecule has 1 aliphatic rings. The number of carbonyl (C=O) groups is 1. The van der Waals surface area contributed by atoms with E-state index in [0.29, 0.717) is 37.7 Å². The van der Waals surface area contributed by atoms with Crippen LogP contribution in [-0.4, -0.2) is 57.0 Å². The van der Waals surface area contributed by atoms with Gasteiger partial charge in [0.15, 0.2) is 5.75 Å². The smallest absolute Gasteiger partial charge is 0.404 e. The van der Waals surface area contributed by atoms with Gasteiger partial charge in [-0.25, -0.2) is 4.21 Å². The minimum absolute atomic E-state index is 0.0142. The molecule has 1 unspecified atom stereocenters. The van der Waals surface area contributed by atoms with Gasteiger partial charge in [-0.05, 0) is 35.9 Å². The number of alkyl halides is 3. The Bertz CT molecular complexity index is 951. The van der Waals surface area contributed by atoms with Crippen LogP contribution in [-0.2, 0) is 17.8 Å². The zero-order valence-electron chi connectivity index (χ0n) is 16.1. The highest BCUT2D eigenvalue weighted by Gasteiger charge is 2.33. The van der Waals surface area contributed by atoms with E-state index in [2.05, 4.69) is 9.64 Å². The lowest BCUT2D eigenvalue weighted by Gasteiger charge is -2.35. The molecule has 1 fully saturated rings. The quantitative estimate of drug-likeness (QED) is 0.619. The third-order valence-electron chi connectivity index (χ3n) is 4.63. The zero-order valence-corrected chi connectivity index (χ0v) is 17.6. The number of halogens is 4. The van der Waals surface area contributed by atoms with Crippen LogP contribution in [0.2, 0.25) is 5.02 Å². The lowest BCUT2D eigenvalue weighted by Crippen LogP contribution is -2.48. The van der Waals surface area contributed by atoms with E-state index in [1.807, 2.05) is 29.0 Å². The Morgan fingerprint density at radius 1 is 1.13 bits per heavy atom. The Balaban J connectivity index is 1.66. The zero-order chi connectivity index (χ0) is 22.6. The Morgan fingerprint density at radius 2 is 1.77 bits per heavy atom. The van der Waals surface area contributed by atoms with Gasteiger partial charge >= 0.3 is 6.36 Å². The minimum Gasteiger partial charge on any atom is -0.404 e. The summed E-state index contributed by atoms with van der Waals surface area (Å²) in [5.74, 6) is -1.21. The van der Waals surface area contributed by atoms with E-state index in [4.69, 9.17) is 16.2 Å². The largest absolute Gasteiger partial charge is 0.573 e. The summed E-state index contributed by atoms with van der Waals surface area (Å²) in [6, 6.07) is 10.8. The number of amides is 1. The molecule has 2 aromatic rings. The standard InChI is InChI=1S/C19H19ClF3N3O4S/c20-15-4-1-13(2-5-15)12-25-7-9-26(10-8-25)18(27)14-3-6-16(24-31(28)29)17(11-14)30-19(21,22)23/h1-6,11,24H,7-10,12H2,(H,28,29). The maximum atomic E-state index is 12.8. The van der Waals surface area contributed by atoms with Gasteiger partial charge in [0.1, 0.15) is 0 Å². The van der Waals surface area contributed by atoms with Crippen LogP contribution in [0.5, 0.6) is 5.75 Å². The van der Waals surface area contributed by atoms with Gasteiger partial charge in [0.25, 0.3) is 17.2 Å². The number of piperazine rings is 1. The molecule has 3 rings (SSSR count). The molecule has 31 heavy (non-hydrogen) atoms. The highest BCUT2D eigenvalue weighted by Crippen LogP contribution is 2.32. The van der Waals surface area contributed by atoms with Crippen LogP contribution >= 0.6 is 11.6 Å². The molecule has 1 heterocycles. The molecule has 168 valence electrons. The van der Waals surface area contributed by atoms with Crippen LogP contribution in [0.4, 0.5) is 18.9 Å². The average molecular weight is 478 g/mol. The van der Waals surface area contributed by atoms with Gasteiger partial charge in [0.05, 0.1) is 5.69 Å². The molecule has 1 saturated heterocycles. The average Bonchev–Trinajstić information content (AvgIpc) is 2.70. The summed E-state index contributed by atoms with van der Waals surface area (Å²) in [5, 5.41) is 0.652. The van der Waals surface area contributed by atoms with E-state index in [1.165, 1.54) is 6.07 Å². The highest BCUT2D eigenvalue weighted by atomic mass is 35.5. The first-order valence-corrected chi connectivity index (χ1v) is 10.6. The molecular formula is C19H19ClF3N3O4S. The second kappa shape index (κ2) is 9.86. The van der Waals surface area contributed by atoms with Crippen molar-refractivity contribution >= 4 is 34.5 Å². The van der Waals surface area contributed by atoms with Crippen LogP contribution in [0.25, 0.3) is 0 Å². The summed E-state index contributed by atoms with van der Waals surface area (Å²) in [4.78, 5) is 16.5. The van der Waals surface area contributed by atoms with E-state index in [0.717, 1.165) is 17.7 Å². The highest BCUT2D eigenvalue weighted by molar-refractivity contribution is 7.80. The van der Waals surface area contributed by atoms with Crippen LogP contribution in [0.3, 0.4) is 0 Å². The van der Waals surface area contributed by atoms with Gasteiger partial charge in [-0.15, -0.1) is 13.2 Å². The number of benzene rings is 2. The van der Waals surface area contributed by atoms with Crippen molar-refractivity contribution in [3.8, 4) is 5.75 Å². The SMILES string of the molecule is O=C(c1ccc(NS(=O)O)c(OC(F)(F)F)c1)N1CCN(Cc2ccc(Cl)cc2)CC1. The van der Waals surface area contributed by atoms with Crippen molar-refractivity contribution in [1.82, 2.24) is 9.80 Å². The molecule has 0 saturated carbocycles. The summed E-state index contributed by atoms with van der Waals surface area (Å²) < 4.78 is 63.7. The van der Waals surface area contributed by atoms with E-state index in [9.17, 15) is 22.2 Å². The van der Waals surface area contributed by atoms with Gasteiger partial charge in [-0.2, -0.15) is 0 Å². The van der Waals surface area contributed by atoms with Crippen molar-refractivity contribution in [2.24, 2.45) is 0 Å². The number of ether oxygens (including phenoxy) is 1. The number of nitrogens with one attached hydrogen (secondary N) is 1. The van der Waals surface area contributed by atoms with E-state index in [1.54, 1.807) is 4.90 Å². The Kier molecular flexibility index (Phi) is 7.42. The Hall–Kier alpha value is -2.34. The molecule has 0 spiro atoms. The van der Waals surface area contributed by atoms with Crippen LogP contribution in [0.15, 0.2) is 42.5 Å². The molecule has 0 aliphatic carbocycles. The number of carbonyl (C=O) groups excluding carboxylic acids is 1. The fourth-order valence-corrected chi connectivity index (χ4v) is 3.67. The van der Waals surface area contributed by atoms with Gasteiger partial charge < -0.3 is 9.64 Å². The van der Waals surface area contributed by atoms with Crippen molar-refractivity contribution in [2.75, 3.05) is 30.9 Å². The Morgan fingerprint density at radius 3 is 2.35 bits per heavy atom. The molecule has 1 aliphatic heterocycles. The summed E-state index contributed by atoms with van der Waals surface area (Å²) >= 11 is 3.28. The molecule has 1 amide bonds. The fraction of sp³-hybridized carbons (Fsp3) is 0.316. The second-order valence-electron chi connectivity index (χ2n) is 6.80. The first kappa shape index (κ1) is 23.3. The van der Waals surface area contributed by atoms with Gasteiger partial charge in [-0.3, -0.25) is 19.0 Å².